The van der Waals surface area contributed by atoms with E-state index in [9.17, 15) is 19.2 Å². The number of rotatable bonds is 5. The number of esters is 1. The van der Waals surface area contributed by atoms with E-state index >= 15 is 0 Å². The lowest BCUT2D eigenvalue weighted by molar-refractivity contribution is -0.150. The van der Waals surface area contributed by atoms with Gasteiger partial charge in [-0.05, 0) is 19.8 Å². The average molecular weight is 255 g/mol. The average Bonchev–Trinajstić information content (AvgIpc) is 2.44. The minimum Gasteiger partial charge on any atom is -0.466 e. The highest BCUT2D eigenvalue weighted by Crippen LogP contribution is 2.12. The molecule has 0 atom stereocenters. The molecule has 1 rings (SSSR count). The van der Waals surface area contributed by atoms with Crippen LogP contribution in [0.4, 0.5) is 0 Å². The number of ketones is 1. The number of Topliss-reactive ketones (excluding diaryl/α,β-unsaturated/α-hetero) is 1. The highest BCUT2D eigenvalue weighted by molar-refractivity contribution is 6.03. The van der Waals surface area contributed by atoms with Crippen LogP contribution in [-0.4, -0.2) is 41.6 Å². The summed E-state index contributed by atoms with van der Waals surface area (Å²) in [6, 6.07) is 0. The second-order valence-electron chi connectivity index (χ2n) is 4.10. The van der Waals surface area contributed by atoms with Crippen molar-refractivity contribution < 1.29 is 23.9 Å². The van der Waals surface area contributed by atoms with Gasteiger partial charge in [0.1, 0.15) is 6.42 Å². The Hall–Kier alpha value is -1.72. The number of carbonyl (C=O) groups is 4. The fraction of sp³-hybridized carbons (Fsp3) is 0.667. The molecule has 100 valence electrons. The van der Waals surface area contributed by atoms with Gasteiger partial charge in [-0.15, -0.1) is 0 Å². The third kappa shape index (κ3) is 4.27. The lowest BCUT2D eigenvalue weighted by Gasteiger charge is -2.17. The molecule has 0 aromatic rings. The third-order valence-corrected chi connectivity index (χ3v) is 2.61. The Balaban J connectivity index is 2.53. The largest absolute Gasteiger partial charge is 0.466 e. The molecule has 0 spiro atoms. The Morgan fingerprint density at radius 3 is 2.22 bits per heavy atom. The number of likely N-dealkylation sites (tertiary alicyclic amines) is 1. The summed E-state index contributed by atoms with van der Waals surface area (Å²) < 4.78 is 4.63. The first kappa shape index (κ1) is 14.3. The van der Waals surface area contributed by atoms with Gasteiger partial charge in [-0.2, -0.15) is 0 Å². The molecule has 1 saturated heterocycles. The zero-order chi connectivity index (χ0) is 13.5. The van der Waals surface area contributed by atoms with Gasteiger partial charge in [0.2, 0.25) is 11.8 Å². The number of hydrogen-bond acceptors (Lipinski definition) is 5. The molecule has 18 heavy (non-hydrogen) atoms. The summed E-state index contributed by atoms with van der Waals surface area (Å²) in [6.45, 7) is 1.52. The normalized spacial score (nSPS) is 16.4. The van der Waals surface area contributed by atoms with Crippen molar-refractivity contribution in [2.75, 3.05) is 13.2 Å². The van der Waals surface area contributed by atoms with Crippen molar-refractivity contribution in [2.45, 2.75) is 39.0 Å². The van der Waals surface area contributed by atoms with Crippen LogP contribution in [0.2, 0.25) is 0 Å². The molecule has 0 bridgehead atoms. The minimum atomic E-state index is -0.628. The summed E-state index contributed by atoms with van der Waals surface area (Å²) in [7, 11) is 0. The van der Waals surface area contributed by atoms with Gasteiger partial charge >= 0.3 is 5.97 Å². The third-order valence-electron chi connectivity index (χ3n) is 2.61. The van der Waals surface area contributed by atoms with Crippen molar-refractivity contribution in [3.05, 3.63) is 0 Å². The molecular formula is C12H17NO5. The molecule has 0 saturated carbocycles. The van der Waals surface area contributed by atoms with E-state index in [-0.39, 0.29) is 37.8 Å². The first-order valence-corrected chi connectivity index (χ1v) is 6.05. The van der Waals surface area contributed by atoms with Crippen molar-refractivity contribution in [2.24, 2.45) is 0 Å². The Kier molecular flexibility index (Phi) is 5.48. The van der Waals surface area contributed by atoms with Crippen LogP contribution in [0.15, 0.2) is 0 Å². The van der Waals surface area contributed by atoms with E-state index in [4.69, 9.17) is 0 Å². The van der Waals surface area contributed by atoms with Crippen LogP contribution in [0.1, 0.15) is 39.0 Å². The number of amides is 2. The van der Waals surface area contributed by atoms with Crippen molar-refractivity contribution in [3.63, 3.8) is 0 Å². The first-order chi connectivity index (χ1) is 8.54. The molecule has 1 heterocycles. The zero-order valence-electron chi connectivity index (χ0n) is 10.4. The van der Waals surface area contributed by atoms with Gasteiger partial charge in [0.15, 0.2) is 5.78 Å². The smallest absolute Gasteiger partial charge is 0.313 e. The molecule has 1 aliphatic rings. The second kappa shape index (κ2) is 6.88. The van der Waals surface area contributed by atoms with Crippen LogP contribution < -0.4 is 0 Å². The molecule has 1 aliphatic heterocycles. The summed E-state index contributed by atoms with van der Waals surface area (Å²) in [5.74, 6) is -1.78. The van der Waals surface area contributed by atoms with Crippen LogP contribution in [0, 0.1) is 0 Å². The van der Waals surface area contributed by atoms with Gasteiger partial charge in [0, 0.05) is 12.8 Å². The van der Waals surface area contributed by atoms with E-state index in [0.717, 1.165) is 4.90 Å². The van der Waals surface area contributed by atoms with Gasteiger partial charge in [-0.1, -0.05) is 0 Å². The molecule has 0 aromatic heterocycles. The summed E-state index contributed by atoms with van der Waals surface area (Å²) in [5.41, 5.74) is 0. The molecular weight excluding hydrogens is 238 g/mol. The lowest BCUT2D eigenvalue weighted by Crippen LogP contribution is -2.39. The Labute approximate surface area is 105 Å². The number of hydrogen-bond donors (Lipinski definition) is 0. The van der Waals surface area contributed by atoms with Crippen LogP contribution in [0.3, 0.4) is 0 Å². The number of nitrogens with zero attached hydrogens (tertiary/aromatic N) is 1. The number of ether oxygens (including phenoxy) is 1. The maximum atomic E-state index is 11.6. The van der Waals surface area contributed by atoms with Gasteiger partial charge in [-0.3, -0.25) is 24.1 Å². The van der Waals surface area contributed by atoms with Crippen molar-refractivity contribution in [1.29, 1.82) is 0 Å². The first-order valence-electron chi connectivity index (χ1n) is 6.05. The maximum absolute atomic E-state index is 11.6. The van der Waals surface area contributed by atoms with Crippen LogP contribution >= 0.6 is 0 Å². The summed E-state index contributed by atoms with van der Waals surface area (Å²) in [5, 5.41) is 0. The van der Waals surface area contributed by atoms with E-state index in [1.54, 1.807) is 6.92 Å². The quantitative estimate of drug-likeness (QED) is 0.404. The number of imide groups is 1. The SMILES string of the molecule is CCOC(=O)CC(=O)CN1C(=O)CCCCC1=O. The monoisotopic (exact) mass is 255 g/mol. The fourth-order valence-corrected chi connectivity index (χ4v) is 1.74. The highest BCUT2D eigenvalue weighted by atomic mass is 16.5. The highest BCUT2D eigenvalue weighted by Gasteiger charge is 2.26. The summed E-state index contributed by atoms with van der Waals surface area (Å²) >= 11 is 0. The molecule has 1 fully saturated rings. The number of carbonyl (C=O) groups excluding carboxylic acids is 4. The van der Waals surface area contributed by atoms with E-state index in [2.05, 4.69) is 4.74 Å². The van der Waals surface area contributed by atoms with Crippen molar-refractivity contribution in [1.82, 2.24) is 4.90 Å². The minimum absolute atomic E-state index is 0.202. The predicted molar refractivity (Wildman–Crippen MR) is 61.4 cm³/mol. The molecule has 2 amide bonds. The van der Waals surface area contributed by atoms with Gasteiger partial charge in [0.05, 0.1) is 13.2 Å². The van der Waals surface area contributed by atoms with Crippen LogP contribution in [-0.2, 0) is 23.9 Å². The van der Waals surface area contributed by atoms with Crippen molar-refractivity contribution >= 4 is 23.6 Å². The molecule has 0 aliphatic carbocycles. The van der Waals surface area contributed by atoms with Crippen molar-refractivity contribution in [3.8, 4) is 0 Å². The van der Waals surface area contributed by atoms with Crippen LogP contribution in [0.25, 0.3) is 0 Å². The topological polar surface area (TPSA) is 80.8 Å². The fourth-order valence-electron chi connectivity index (χ4n) is 1.74. The Morgan fingerprint density at radius 1 is 1.17 bits per heavy atom. The van der Waals surface area contributed by atoms with Gasteiger partial charge < -0.3 is 4.74 Å². The molecule has 0 radical (unpaired) electrons. The van der Waals surface area contributed by atoms with E-state index in [1.165, 1.54) is 0 Å². The van der Waals surface area contributed by atoms with Crippen LogP contribution in [0.5, 0.6) is 0 Å². The van der Waals surface area contributed by atoms with Gasteiger partial charge in [-0.25, -0.2) is 0 Å². The molecule has 0 aromatic carbocycles. The Morgan fingerprint density at radius 2 is 1.72 bits per heavy atom. The second-order valence-corrected chi connectivity index (χ2v) is 4.10. The van der Waals surface area contributed by atoms with E-state index in [1.807, 2.05) is 0 Å². The molecule has 0 unspecified atom stereocenters. The molecule has 6 nitrogen and oxygen atoms in total. The maximum Gasteiger partial charge on any atom is 0.313 e. The molecule has 6 heteroatoms. The zero-order valence-corrected chi connectivity index (χ0v) is 10.4. The van der Waals surface area contributed by atoms with Gasteiger partial charge in [0.25, 0.3) is 0 Å². The predicted octanol–water partition coefficient (Wildman–Crippen LogP) is 0.438. The van der Waals surface area contributed by atoms with E-state index in [0.29, 0.717) is 12.8 Å². The summed E-state index contributed by atoms with van der Waals surface area (Å²) in [4.78, 5) is 46.8. The standard InChI is InChI=1S/C12H17NO5/c1-2-18-12(17)7-9(14)8-13-10(15)5-3-4-6-11(13)16/h2-8H2,1H3. The molecule has 0 N–H and O–H groups in total. The summed E-state index contributed by atoms with van der Waals surface area (Å²) in [6.07, 6.45) is 1.47. The lowest BCUT2D eigenvalue weighted by atomic mass is 10.2. The Bertz CT molecular complexity index is 345. The van der Waals surface area contributed by atoms with E-state index < -0.39 is 18.2 Å².